The molecule has 31 heavy (non-hydrogen) atoms. The van der Waals surface area contributed by atoms with Crippen LogP contribution in [0.25, 0.3) is 0 Å². The monoisotopic (exact) mass is 440 g/mol. The molecule has 0 unspecified atom stereocenters. The number of carboxylic acid groups (broad SMARTS) is 1. The highest BCUT2D eigenvalue weighted by atomic mass is 32.1. The Labute approximate surface area is 184 Å². The molecule has 3 rings (SSSR count). The number of thiophene rings is 1. The fourth-order valence-corrected chi connectivity index (χ4v) is 3.70. The van der Waals surface area contributed by atoms with E-state index in [-0.39, 0.29) is 19.0 Å². The first-order valence-corrected chi connectivity index (χ1v) is 10.6. The first kappa shape index (κ1) is 22.2. The van der Waals surface area contributed by atoms with Crippen molar-refractivity contribution in [1.82, 2.24) is 10.2 Å². The van der Waals surface area contributed by atoms with Crippen LogP contribution in [-0.2, 0) is 13.2 Å². The topological polar surface area (TPSA) is 88.1 Å². The average Bonchev–Trinajstić information content (AvgIpc) is 3.30. The van der Waals surface area contributed by atoms with Crippen LogP contribution in [0.3, 0.4) is 0 Å². The largest absolute Gasteiger partial charge is 0.493 e. The molecule has 1 aromatic heterocycles. The highest BCUT2D eigenvalue weighted by Crippen LogP contribution is 2.29. The van der Waals surface area contributed by atoms with Gasteiger partial charge in [-0.25, -0.2) is 4.79 Å². The van der Waals surface area contributed by atoms with Gasteiger partial charge in [-0.2, -0.15) is 0 Å². The fourth-order valence-electron chi connectivity index (χ4n) is 2.98. The maximum absolute atomic E-state index is 13.2. The molecule has 2 aromatic carbocycles. The van der Waals surface area contributed by atoms with Crippen molar-refractivity contribution in [1.29, 1.82) is 0 Å². The summed E-state index contributed by atoms with van der Waals surface area (Å²) in [5.41, 5.74) is 1.47. The van der Waals surface area contributed by atoms with Gasteiger partial charge in [0.1, 0.15) is 6.61 Å². The number of nitrogens with zero attached hydrogens (tertiary/aromatic N) is 1. The molecule has 3 aromatic rings. The Kier molecular flexibility index (Phi) is 7.89. The lowest BCUT2D eigenvalue weighted by atomic mass is 10.1. The van der Waals surface area contributed by atoms with Gasteiger partial charge >= 0.3 is 6.09 Å². The minimum absolute atomic E-state index is 0.141. The molecular formula is C23H24N2O5S. The molecule has 0 saturated heterocycles. The van der Waals surface area contributed by atoms with Crippen molar-refractivity contribution in [3.8, 4) is 11.5 Å². The van der Waals surface area contributed by atoms with Gasteiger partial charge in [-0.3, -0.25) is 4.79 Å². The molecular weight excluding hydrogens is 416 g/mol. The van der Waals surface area contributed by atoms with Gasteiger partial charge in [0.2, 0.25) is 0 Å². The summed E-state index contributed by atoms with van der Waals surface area (Å²) in [7, 11) is 1.53. The van der Waals surface area contributed by atoms with Crippen LogP contribution >= 0.6 is 11.3 Å². The van der Waals surface area contributed by atoms with E-state index in [1.807, 2.05) is 47.8 Å². The molecule has 0 spiro atoms. The molecule has 0 atom stereocenters. The molecule has 0 fully saturated rings. The second-order valence-electron chi connectivity index (χ2n) is 6.68. The van der Waals surface area contributed by atoms with E-state index in [1.165, 1.54) is 7.11 Å². The molecule has 2 N–H and O–H groups in total. The number of benzene rings is 2. The Balaban J connectivity index is 1.74. The van der Waals surface area contributed by atoms with Crippen molar-refractivity contribution >= 4 is 23.3 Å². The van der Waals surface area contributed by atoms with Crippen molar-refractivity contribution in [2.45, 2.75) is 13.2 Å². The minimum atomic E-state index is -1.12. The van der Waals surface area contributed by atoms with Crippen molar-refractivity contribution in [3.63, 3.8) is 0 Å². The number of methoxy groups -OCH3 is 1. The lowest BCUT2D eigenvalue weighted by Gasteiger charge is -2.23. The molecule has 0 bridgehead atoms. The average molecular weight is 441 g/mol. The van der Waals surface area contributed by atoms with E-state index in [2.05, 4.69) is 5.32 Å². The Morgan fingerprint density at radius 1 is 1.06 bits per heavy atom. The molecule has 0 radical (unpaired) electrons. The molecule has 0 aliphatic heterocycles. The molecule has 7 nitrogen and oxygen atoms in total. The molecule has 2 amide bonds. The summed E-state index contributed by atoms with van der Waals surface area (Å²) < 4.78 is 11.3. The zero-order chi connectivity index (χ0) is 22.1. The summed E-state index contributed by atoms with van der Waals surface area (Å²) in [6.45, 7) is 1.17. The van der Waals surface area contributed by atoms with Crippen molar-refractivity contribution < 1.29 is 24.2 Å². The highest BCUT2D eigenvalue weighted by Gasteiger charge is 2.19. The lowest BCUT2D eigenvalue weighted by Crippen LogP contribution is -2.37. The SMILES string of the molecule is COc1cc(C(=O)N(CCNC(=O)O)Cc2cccs2)ccc1OCc1ccccc1. The zero-order valence-electron chi connectivity index (χ0n) is 17.1. The van der Waals surface area contributed by atoms with Crippen LogP contribution in [0.4, 0.5) is 4.79 Å². The normalized spacial score (nSPS) is 10.4. The van der Waals surface area contributed by atoms with Crippen LogP contribution in [0.1, 0.15) is 20.8 Å². The Morgan fingerprint density at radius 3 is 2.55 bits per heavy atom. The molecule has 8 heteroatoms. The lowest BCUT2D eigenvalue weighted by molar-refractivity contribution is 0.0744. The van der Waals surface area contributed by atoms with E-state index in [0.717, 1.165) is 10.4 Å². The maximum atomic E-state index is 13.2. The van der Waals surface area contributed by atoms with E-state index >= 15 is 0 Å². The Bertz CT molecular complexity index is 992. The number of hydrogen-bond acceptors (Lipinski definition) is 5. The van der Waals surface area contributed by atoms with Gasteiger partial charge in [0, 0.05) is 23.5 Å². The zero-order valence-corrected chi connectivity index (χ0v) is 17.9. The van der Waals surface area contributed by atoms with Gasteiger partial charge in [0.25, 0.3) is 5.91 Å². The molecule has 1 heterocycles. The third-order valence-electron chi connectivity index (χ3n) is 4.52. The number of hydrogen-bond donors (Lipinski definition) is 2. The number of nitrogens with one attached hydrogen (secondary N) is 1. The van der Waals surface area contributed by atoms with Crippen molar-refractivity contribution in [3.05, 3.63) is 82.0 Å². The summed E-state index contributed by atoms with van der Waals surface area (Å²) in [5, 5.41) is 13.1. The number of carbonyl (C=O) groups excluding carboxylic acids is 1. The van der Waals surface area contributed by atoms with E-state index < -0.39 is 6.09 Å². The standard InChI is InChI=1S/C23H24N2O5S/c1-29-21-14-18(9-10-20(21)30-16-17-6-3-2-4-7-17)22(26)25(12-11-24-23(27)28)15-19-8-5-13-31-19/h2-10,13-14,24H,11-12,15-16H2,1H3,(H,27,28). The van der Waals surface area contributed by atoms with E-state index in [0.29, 0.717) is 30.2 Å². The van der Waals surface area contributed by atoms with E-state index in [9.17, 15) is 9.59 Å². The van der Waals surface area contributed by atoms with E-state index in [4.69, 9.17) is 14.6 Å². The van der Waals surface area contributed by atoms with Crippen LogP contribution in [0, 0.1) is 0 Å². The van der Waals surface area contributed by atoms with Gasteiger partial charge in [0.05, 0.1) is 13.7 Å². The van der Waals surface area contributed by atoms with E-state index in [1.54, 1.807) is 34.4 Å². The summed E-state index contributed by atoms with van der Waals surface area (Å²) in [6, 6.07) is 18.7. The highest BCUT2D eigenvalue weighted by molar-refractivity contribution is 7.09. The van der Waals surface area contributed by atoms with Gasteiger partial charge < -0.3 is 24.8 Å². The van der Waals surface area contributed by atoms with Gasteiger partial charge in [-0.05, 0) is 35.2 Å². The molecule has 0 aliphatic rings. The summed E-state index contributed by atoms with van der Waals surface area (Å²) in [6.07, 6.45) is -1.12. The minimum Gasteiger partial charge on any atom is -0.493 e. The van der Waals surface area contributed by atoms with Crippen LogP contribution < -0.4 is 14.8 Å². The summed E-state index contributed by atoms with van der Waals surface area (Å²) >= 11 is 1.54. The van der Waals surface area contributed by atoms with Gasteiger partial charge in [-0.1, -0.05) is 36.4 Å². The first-order valence-electron chi connectivity index (χ1n) is 9.70. The molecule has 0 saturated carbocycles. The predicted octanol–water partition coefficient (Wildman–Crippen LogP) is 4.25. The smallest absolute Gasteiger partial charge is 0.404 e. The van der Waals surface area contributed by atoms with Gasteiger partial charge in [-0.15, -0.1) is 11.3 Å². The van der Waals surface area contributed by atoms with Crippen LogP contribution in [0.5, 0.6) is 11.5 Å². The predicted molar refractivity (Wildman–Crippen MR) is 119 cm³/mol. The van der Waals surface area contributed by atoms with Gasteiger partial charge in [0.15, 0.2) is 11.5 Å². The molecule has 0 aliphatic carbocycles. The number of amides is 2. The number of ether oxygens (including phenoxy) is 2. The summed E-state index contributed by atoms with van der Waals surface area (Å²) in [5.74, 6) is 0.787. The second-order valence-corrected chi connectivity index (χ2v) is 7.71. The fraction of sp³-hybridized carbons (Fsp3) is 0.217. The maximum Gasteiger partial charge on any atom is 0.404 e. The van der Waals surface area contributed by atoms with Crippen LogP contribution in [0.15, 0.2) is 66.0 Å². The van der Waals surface area contributed by atoms with Crippen molar-refractivity contribution in [2.24, 2.45) is 0 Å². The Hall–Kier alpha value is -3.52. The quantitative estimate of drug-likeness (QED) is 0.492. The van der Waals surface area contributed by atoms with Crippen molar-refractivity contribution in [2.75, 3.05) is 20.2 Å². The van der Waals surface area contributed by atoms with Crippen LogP contribution in [-0.4, -0.2) is 42.2 Å². The molecule has 162 valence electrons. The first-order chi connectivity index (χ1) is 15.1. The second kappa shape index (κ2) is 11.0. The van der Waals surface area contributed by atoms with Crippen LogP contribution in [0.2, 0.25) is 0 Å². The summed E-state index contributed by atoms with van der Waals surface area (Å²) in [4.78, 5) is 26.6. The third kappa shape index (κ3) is 6.48. The number of rotatable bonds is 10. The Morgan fingerprint density at radius 2 is 1.87 bits per heavy atom. The third-order valence-corrected chi connectivity index (χ3v) is 5.38. The number of carbonyl (C=O) groups is 2.